The third-order valence-electron chi connectivity index (χ3n) is 2.79. The second kappa shape index (κ2) is 5.21. The molecule has 0 unspecified atom stereocenters. The lowest BCUT2D eigenvalue weighted by molar-refractivity contribution is 0.0996. The number of hydrogen-bond acceptors (Lipinski definition) is 2. The van der Waals surface area contributed by atoms with E-state index in [0.717, 1.165) is 20.9 Å². The molecule has 1 aromatic carbocycles. The molecule has 0 atom stereocenters. The van der Waals surface area contributed by atoms with Gasteiger partial charge in [0.1, 0.15) is 5.82 Å². The van der Waals surface area contributed by atoms with Crippen LogP contribution in [-0.4, -0.2) is 5.78 Å². The van der Waals surface area contributed by atoms with E-state index in [-0.39, 0.29) is 17.2 Å². The minimum atomic E-state index is -0.462. The maximum absolute atomic E-state index is 13.0. The van der Waals surface area contributed by atoms with Gasteiger partial charge in [-0.25, -0.2) is 4.39 Å². The summed E-state index contributed by atoms with van der Waals surface area (Å²) in [5.74, 6) is -0.422. The number of thiophene rings is 1. The second-order valence-corrected chi connectivity index (χ2v) is 5.86. The third-order valence-corrected chi connectivity index (χ3v) is 4.27. The predicted molar refractivity (Wildman–Crippen MR) is 73.2 cm³/mol. The van der Waals surface area contributed by atoms with Crippen LogP contribution < -0.4 is 0 Å². The zero-order valence-corrected chi connectivity index (χ0v) is 11.7. The van der Waals surface area contributed by atoms with Crippen molar-refractivity contribution in [3.8, 4) is 0 Å². The summed E-state index contributed by atoms with van der Waals surface area (Å²) in [5, 5.41) is 0.0545. The first kappa shape index (κ1) is 13.2. The fourth-order valence-corrected chi connectivity index (χ4v) is 2.81. The molecule has 0 saturated carbocycles. The minimum Gasteiger partial charge on any atom is -0.293 e. The molecule has 94 valence electrons. The fourth-order valence-electron chi connectivity index (χ4n) is 1.63. The lowest BCUT2D eigenvalue weighted by atomic mass is 10.1. The maximum Gasteiger partial charge on any atom is 0.177 e. The summed E-state index contributed by atoms with van der Waals surface area (Å²) in [6, 6.07) is 6.28. The summed E-state index contributed by atoms with van der Waals surface area (Å²) < 4.78 is 13.0. The molecule has 0 fully saturated rings. The van der Waals surface area contributed by atoms with Crippen molar-refractivity contribution in [3.05, 3.63) is 56.0 Å². The van der Waals surface area contributed by atoms with Gasteiger partial charge >= 0.3 is 0 Å². The van der Waals surface area contributed by atoms with Crippen molar-refractivity contribution < 1.29 is 9.18 Å². The molecule has 0 amide bonds. The molecular weight excluding hydrogens is 271 g/mol. The molecule has 0 saturated heterocycles. The number of rotatable bonds is 3. The van der Waals surface area contributed by atoms with Gasteiger partial charge in [0.25, 0.3) is 0 Å². The van der Waals surface area contributed by atoms with Crippen molar-refractivity contribution in [2.75, 3.05) is 0 Å². The van der Waals surface area contributed by atoms with E-state index in [0.29, 0.717) is 0 Å². The summed E-state index contributed by atoms with van der Waals surface area (Å²) in [5.41, 5.74) is 1.86. The highest BCUT2D eigenvalue weighted by Crippen LogP contribution is 2.23. The number of carbonyl (C=O) groups excluding carboxylic acids is 1. The SMILES string of the molecule is Cc1cc(C(=O)Cc2ccc(F)c(Cl)c2)sc1C. The molecule has 4 heteroatoms. The smallest absolute Gasteiger partial charge is 0.177 e. The van der Waals surface area contributed by atoms with Crippen molar-refractivity contribution >= 4 is 28.7 Å². The van der Waals surface area contributed by atoms with Crippen LogP contribution >= 0.6 is 22.9 Å². The Hall–Kier alpha value is -1.19. The molecule has 18 heavy (non-hydrogen) atoms. The van der Waals surface area contributed by atoms with E-state index < -0.39 is 5.82 Å². The first-order chi connectivity index (χ1) is 8.47. The molecule has 0 aliphatic carbocycles. The van der Waals surface area contributed by atoms with E-state index in [2.05, 4.69) is 0 Å². The van der Waals surface area contributed by atoms with E-state index >= 15 is 0 Å². The van der Waals surface area contributed by atoms with Crippen LogP contribution in [0.5, 0.6) is 0 Å². The molecule has 0 aliphatic heterocycles. The fraction of sp³-hybridized carbons (Fsp3) is 0.214. The molecule has 1 heterocycles. The topological polar surface area (TPSA) is 17.1 Å². The number of aryl methyl sites for hydroxylation is 2. The van der Waals surface area contributed by atoms with E-state index in [1.54, 1.807) is 6.07 Å². The molecule has 0 N–H and O–H groups in total. The Kier molecular flexibility index (Phi) is 3.83. The quantitative estimate of drug-likeness (QED) is 0.753. The molecule has 0 bridgehead atoms. The molecule has 0 aliphatic rings. The first-order valence-electron chi connectivity index (χ1n) is 5.51. The summed E-state index contributed by atoms with van der Waals surface area (Å²) in [6.45, 7) is 3.98. The highest BCUT2D eigenvalue weighted by molar-refractivity contribution is 7.14. The van der Waals surface area contributed by atoms with Gasteiger partial charge in [-0.05, 0) is 43.2 Å². The standard InChI is InChI=1S/C14H12ClFOS/c1-8-5-14(18-9(8)2)13(17)7-10-3-4-12(16)11(15)6-10/h3-6H,7H2,1-2H3. The molecule has 0 radical (unpaired) electrons. The number of hydrogen-bond donors (Lipinski definition) is 0. The van der Waals surface area contributed by atoms with Crippen molar-refractivity contribution in [1.29, 1.82) is 0 Å². The summed E-state index contributed by atoms with van der Waals surface area (Å²) >= 11 is 7.18. The highest BCUT2D eigenvalue weighted by Gasteiger charge is 2.12. The Balaban J connectivity index is 2.18. The molecule has 2 rings (SSSR count). The summed E-state index contributed by atoms with van der Waals surface area (Å²) in [6.07, 6.45) is 0.249. The van der Waals surface area contributed by atoms with E-state index in [1.807, 2.05) is 19.9 Å². The van der Waals surface area contributed by atoms with Crippen molar-refractivity contribution in [2.24, 2.45) is 0 Å². The Morgan fingerprint density at radius 2 is 2.06 bits per heavy atom. The van der Waals surface area contributed by atoms with Crippen LogP contribution in [0.2, 0.25) is 5.02 Å². The minimum absolute atomic E-state index is 0.0406. The Bertz CT molecular complexity index is 584. The van der Waals surface area contributed by atoms with Crippen molar-refractivity contribution in [2.45, 2.75) is 20.3 Å². The lowest BCUT2D eigenvalue weighted by Crippen LogP contribution is -2.01. The van der Waals surface area contributed by atoms with Gasteiger partial charge in [0.05, 0.1) is 9.90 Å². The maximum atomic E-state index is 13.0. The number of Topliss-reactive ketones (excluding diaryl/α,β-unsaturated/α-hetero) is 1. The Morgan fingerprint density at radius 1 is 1.33 bits per heavy atom. The number of carbonyl (C=O) groups is 1. The zero-order chi connectivity index (χ0) is 13.3. The van der Waals surface area contributed by atoms with Gasteiger partial charge in [-0.2, -0.15) is 0 Å². The third kappa shape index (κ3) is 2.79. The van der Waals surface area contributed by atoms with E-state index in [1.165, 1.54) is 23.5 Å². The average molecular weight is 283 g/mol. The van der Waals surface area contributed by atoms with Gasteiger partial charge in [0.2, 0.25) is 0 Å². The second-order valence-electron chi connectivity index (χ2n) is 4.20. The largest absolute Gasteiger partial charge is 0.293 e. The molecule has 0 spiro atoms. The van der Waals surface area contributed by atoms with Crippen LogP contribution in [0, 0.1) is 19.7 Å². The van der Waals surface area contributed by atoms with Gasteiger partial charge < -0.3 is 0 Å². The number of ketones is 1. The van der Waals surface area contributed by atoms with Gasteiger partial charge in [-0.1, -0.05) is 17.7 Å². The van der Waals surface area contributed by atoms with Crippen LogP contribution in [0.15, 0.2) is 24.3 Å². The predicted octanol–water partition coefficient (Wildman–Crippen LogP) is 4.58. The molecule has 2 aromatic rings. The van der Waals surface area contributed by atoms with Crippen molar-refractivity contribution in [1.82, 2.24) is 0 Å². The summed E-state index contributed by atoms with van der Waals surface area (Å²) in [4.78, 5) is 13.9. The van der Waals surface area contributed by atoms with Crippen molar-refractivity contribution in [3.63, 3.8) is 0 Å². The normalized spacial score (nSPS) is 10.7. The average Bonchev–Trinajstić information content (AvgIpc) is 2.65. The van der Waals surface area contributed by atoms with Crippen LogP contribution in [-0.2, 0) is 6.42 Å². The van der Waals surface area contributed by atoms with Gasteiger partial charge in [0, 0.05) is 11.3 Å². The van der Waals surface area contributed by atoms with Crippen LogP contribution in [0.25, 0.3) is 0 Å². The molecule has 1 nitrogen and oxygen atoms in total. The molecular formula is C14H12ClFOS. The Labute approximate surface area is 114 Å². The van der Waals surface area contributed by atoms with E-state index in [4.69, 9.17) is 11.6 Å². The first-order valence-corrected chi connectivity index (χ1v) is 6.71. The number of benzene rings is 1. The van der Waals surface area contributed by atoms with Gasteiger partial charge in [0.15, 0.2) is 5.78 Å². The zero-order valence-electron chi connectivity index (χ0n) is 10.1. The van der Waals surface area contributed by atoms with Crippen LogP contribution in [0.1, 0.15) is 25.7 Å². The van der Waals surface area contributed by atoms with Gasteiger partial charge in [-0.15, -0.1) is 11.3 Å². The van der Waals surface area contributed by atoms with Gasteiger partial charge in [-0.3, -0.25) is 4.79 Å². The lowest BCUT2D eigenvalue weighted by Gasteiger charge is -2.01. The molecule has 1 aromatic heterocycles. The Morgan fingerprint density at radius 3 is 2.61 bits per heavy atom. The summed E-state index contributed by atoms with van der Waals surface area (Å²) in [7, 11) is 0. The highest BCUT2D eigenvalue weighted by atomic mass is 35.5. The van der Waals surface area contributed by atoms with Crippen LogP contribution in [0.3, 0.4) is 0 Å². The number of halogens is 2. The monoisotopic (exact) mass is 282 g/mol. The van der Waals surface area contributed by atoms with Crippen LogP contribution in [0.4, 0.5) is 4.39 Å². The van der Waals surface area contributed by atoms with E-state index in [9.17, 15) is 9.18 Å².